The molecule has 26 heavy (non-hydrogen) atoms. The Hall–Kier alpha value is -3.41. The molecular formula is C20H18N4O2. The maximum atomic E-state index is 12.5. The van der Waals surface area contributed by atoms with Crippen molar-refractivity contribution in [2.45, 2.75) is 6.42 Å². The fourth-order valence-electron chi connectivity index (χ4n) is 3.11. The number of carbonyl (C=O) groups is 2. The van der Waals surface area contributed by atoms with Gasteiger partial charge in [-0.25, -0.2) is 4.68 Å². The number of benzene rings is 2. The minimum atomic E-state index is -0.312. The van der Waals surface area contributed by atoms with Gasteiger partial charge in [0.25, 0.3) is 5.91 Å². The van der Waals surface area contributed by atoms with Gasteiger partial charge in [-0.2, -0.15) is 5.10 Å². The second-order valence-corrected chi connectivity index (χ2v) is 6.12. The molecule has 0 unspecified atom stereocenters. The van der Waals surface area contributed by atoms with E-state index in [9.17, 15) is 9.59 Å². The molecule has 4 rings (SSSR count). The van der Waals surface area contributed by atoms with Gasteiger partial charge in [-0.15, -0.1) is 0 Å². The maximum absolute atomic E-state index is 12.5. The predicted octanol–water partition coefficient (Wildman–Crippen LogP) is 2.19. The monoisotopic (exact) mass is 346 g/mol. The van der Waals surface area contributed by atoms with Crippen molar-refractivity contribution < 1.29 is 9.59 Å². The molecule has 1 N–H and O–H groups in total. The lowest BCUT2D eigenvalue weighted by molar-refractivity contribution is -0.117. The highest BCUT2D eigenvalue weighted by molar-refractivity contribution is 6.01. The molecule has 1 aromatic heterocycles. The zero-order valence-electron chi connectivity index (χ0n) is 14.1. The number of rotatable bonds is 4. The first kappa shape index (κ1) is 16.1. The zero-order chi connectivity index (χ0) is 17.9. The van der Waals surface area contributed by atoms with E-state index in [4.69, 9.17) is 0 Å². The molecule has 0 bridgehead atoms. The van der Waals surface area contributed by atoms with Crippen LogP contribution < -0.4 is 10.2 Å². The van der Waals surface area contributed by atoms with E-state index in [1.165, 1.54) is 6.20 Å². The first-order chi connectivity index (χ1) is 12.7. The molecule has 2 heterocycles. The molecule has 1 aliphatic heterocycles. The summed E-state index contributed by atoms with van der Waals surface area (Å²) in [5.41, 5.74) is 3.39. The first-order valence-corrected chi connectivity index (χ1v) is 8.49. The number of nitrogens with zero attached hydrogens (tertiary/aromatic N) is 3. The summed E-state index contributed by atoms with van der Waals surface area (Å²) in [4.78, 5) is 26.5. The van der Waals surface area contributed by atoms with Gasteiger partial charge in [0, 0.05) is 18.4 Å². The quantitative estimate of drug-likeness (QED) is 0.787. The van der Waals surface area contributed by atoms with Crippen LogP contribution in [-0.2, 0) is 11.2 Å². The van der Waals surface area contributed by atoms with Crippen LogP contribution in [0.15, 0.2) is 67.0 Å². The van der Waals surface area contributed by atoms with E-state index in [1.54, 1.807) is 15.8 Å². The zero-order valence-corrected chi connectivity index (χ0v) is 14.1. The van der Waals surface area contributed by atoms with Crippen LogP contribution in [0.2, 0.25) is 0 Å². The molecule has 0 spiro atoms. The SMILES string of the molecule is O=C(NCC(=O)N1CCc2ccccc21)c1cnn(-c2ccccc2)c1. The molecule has 6 heteroatoms. The summed E-state index contributed by atoms with van der Waals surface area (Å²) >= 11 is 0. The summed E-state index contributed by atoms with van der Waals surface area (Å²) in [7, 11) is 0. The number of aromatic nitrogens is 2. The van der Waals surface area contributed by atoms with Crippen molar-refractivity contribution in [2.75, 3.05) is 18.0 Å². The van der Waals surface area contributed by atoms with Crippen molar-refractivity contribution in [1.82, 2.24) is 15.1 Å². The van der Waals surface area contributed by atoms with Crippen molar-refractivity contribution in [1.29, 1.82) is 0 Å². The number of hydrogen-bond donors (Lipinski definition) is 1. The van der Waals surface area contributed by atoms with Crippen LogP contribution in [0.25, 0.3) is 5.69 Å². The lowest BCUT2D eigenvalue weighted by Crippen LogP contribution is -2.39. The highest BCUT2D eigenvalue weighted by Gasteiger charge is 2.24. The van der Waals surface area contributed by atoms with E-state index in [-0.39, 0.29) is 18.4 Å². The third-order valence-electron chi connectivity index (χ3n) is 4.45. The first-order valence-electron chi connectivity index (χ1n) is 8.49. The Bertz CT molecular complexity index is 949. The van der Waals surface area contributed by atoms with E-state index in [0.717, 1.165) is 23.4 Å². The minimum absolute atomic E-state index is 0.0380. The third-order valence-corrected chi connectivity index (χ3v) is 4.45. The van der Waals surface area contributed by atoms with Gasteiger partial charge in [-0.1, -0.05) is 36.4 Å². The minimum Gasteiger partial charge on any atom is -0.343 e. The number of nitrogens with one attached hydrogen (secondary N) is 1. The Morgan fingerprint density at radius 2 is 1.81 bits per heavy atom. The van der Waals surface area contributed by atoms with Gasteiger partial charge >= 0.3 is 0 Å². The fraction of sp³-hybridized carbons (Fsp3) is 0.150. The highest BCUT2D eigenvalue weighted by atomic mass is 16.2. The van der Waals surface area contributed by atoms with Gasteiger partial charge in [0.1, 0.15) is 0 Å². The van der Waals surface area contributed by atoms with Gasteiger partial charge in [-0.05, 0) is 30.2 Å². The molecule has 0 saturated heterocycles. The Kier molecular flexibility index (Phi) is 4.23. The Labute approximate surface area is 151 Å². The summed E-state index contributed by atoms with van der Waals surface area (Å²) < 4.78 is 1.63. The maximum Gasteiger partial charge on any atom is 0.254 e. The fourth-order valence-corrected chi connectivity index (χ4v) is 3.11. The van der Waals surface area contributed by atoms with Crippen LogP contribution in [0.4, 0.5) is 5.69 Å². The number of carbonyl (C=O) groups excluding carboxylic acids is 2. The largest absolute Gasteiger partial charge is 0.343 e. The molecule has 0 atom stereocenters. The van der Waals surface area contributed by atoms with E-state index < -0.39 is 0 Å². The van der Waals surface area contributed by atoms with E-state index in [1.807, 2.05) is 54.6 Å². The summed E-state index contributed by atoms with van der Waals surface area (Å²) in [6.07, 6.45) is 4.00. The molecule has 130 valence electrons. The molecule has 0 saturated carbocycles. The lowest BCUT2D eigenvalue weighted by Gasteiger charge is -2.17. The second-order valence-electron chi connectivity index (χ2n) is 6.12. The predicted molar refractivity (Wildman–Crippen MR) is 98.4 cm³/mol. The molecule has 0 radical (unpaired) electrons. The smallest absolute Gasteiger partial charge is 0.254 e. The number of para-hydroxylation sites is 2. The van der Waals surface area contributed by atoms with E-state index in [0.29, 0.717) is 12.1 Å². The molecule has 0 fully saturated rings. The van der Waals surface area contributed by atoms with Gasteiger partial charge in [0.05, 0.1) is 24.0 Å². The van der Waals surface area contributed by atoms with Gasteiger partial charge in [0.2, 0.25) is 5.91 Å². The standard InChI is InChI=1S/C20H18N4O2/c25-19(23-11-10-15-6-4-5-9-18(15)23)13-21-20(26)16-12-22-24(14-16)17-7-2-1-3-8-17/h1-9,12,14H,10-11,13H2,(H,21,26). The van der Waals surface area contributed by atoms with Crippen LogP contribution in [0, 0.1) is 0 Å². The Morgan fingerprint density at radius 3 is 2.65 bits per heavy atom. The van der Waals surface area contributed by atoms with Gasteiger partial charge in [-0.3, -0.25) is 9.59 Å². The lowest BCUT2D eigenvalue weighted by atomic mass is 10.2. The summed E-state index contributed by atoms with van der Waals surface area (Å²) in [6, 6.07) is 17.4. The van der Waals surface area contributed by atoms with Crippen LogP contribution in [-0.4, -0.2) is 34.7 Å². The summed E-state index contributed by atoms with van der Waals surface area (Å²) in [6.45, 7) is 0.615. The molecule has 2 aromatic carbocycles. The topological polar surface area (TPSA) is 67.2 Å². The molecule has 2 amide bonds. The molecule has 0 aliphatic carbocycles. The second kappa shape index (κ2) is 6.84. The van der Waals surface area contributed by atoms with Crippen LogP contribution >= 0.6 is 0 Å². The number of amides is 2. The van der Waals surface area contributed by atoms with Gasteiger partial charge < -0.3 is 10.2 Å². The normalized spacial score (nSPS) is 12.7. The molecule has 3 aromatic rings. The summed E-state index contributed by atoms with van der Waals surface area (Å²) in [5, 5.41) is 6.89. The third kappa shape index (κ3) is 3.09. The van der Waals surface area contributed by atoms with Crippen molar-refractivity contribution >= 4 is 17.5 Å². The summed E-state index contributed by atoms with van der Waals surface area (Å²) in [5.74, 6) is -0.424. The van der Waals surface area contributed by atoms with Crippen molar-refractivity contribution in [3.05, 3.63) is 78.1 Å². The number of fused-ring (bicyclic) bond motifs is 1. The Balaban J connectivity index is 1.39. The van der Waals surface area contributed by atoms with Crippen LogP contribution in [0.3, 0.4) is 0 Å². The van der Waals surface area contributed by atoms with Crippen LogP contribution in [0.1, 0.15) is 15.9 Å². The molecule has 6 nitrogen and oxygen atoms in total. The highest BCUT2D eigenvalue weighted by Crippen LogP contribution is 2.27. The average molecular weight is 346 g/mol. The Morgan fingerprint density at radius 1 is 1.04 bits per heavy atom. The number of hydrogen-bond acceptors (Lipinski definition) is 3. The molecule has 1 aliphatic rings. The van der Waals surface area contributed by atoms with Crippen LogP contribution in [0.5, 0.6) is 0 Å². The van der Waals surface area contributed by atoms with Crippen molar-refractivity contribution in [3.8, 4) is 5.69 Å². The van der Waals surface area contributed by atoms with Crippen molar-refractivity contribution in [3.63, 3.8) is 0 Å². The molecular weight excluding hydrogens is 328 g/mol. The average Bonchev–Trinajstić information content (AvgIpc) is 3.34. The van der Waals surface area contributed by atoms with Crippen molar-refractivity contribution in [2.24, 2.45) is 0 Å². The number of anilines is 1. The van der Waals surface area contributed by atoms with E-state index >= 15 is 0 Å². The van der Waals surface area contributed by atoms with E-state index in [2.05, 4.69) is 10.4 Å². The van der Waals surface area contributed by atoms with Gasteiger partial charge in [0.15, 0.2) is 0 Å².